The fourth-order valence-corrected chi connectivity index (χ4v) is 5.24. The van der Waals surface area contributed by atoms with Gasteiger partial charge in [-0.25, -0.2) is 4.42 Å². The molecule has 44 heavy (non-hydrogen) atoms. The molecular formula is C36H45N2O4S2+. The third-order valence-electron chi connectivity index (χ3n) is 7.41. The number of ether oxygens (including phenoxy) is 1. The standard InChI is InChI=1S/C36H44N2O4S2/c1-33(2,3)23-15-19(16-24(41-23)34(4,5)6)13-21-27(28-30(39)37-32(44)38-31(28)40)22(29(21)43)14-20-17-25(35(7,8)9)42-26(18-20)36(10,11)12/h13-18H,1-12H3,(H2-,37,38,39,40,43,44)/p+1. The fraction of sp³-hybridized carbons (Fsp3) is 0.444. The monoisotopic (exact) mass is 633 g/mol. The van der Waals surface area contributed by atoms with Gasteiger partial charge in [0.15, 0.2) is 4.77 Å². The molecule has 234 valence electrons. The Balaban J connectivity index is 2.03. The van der Waals surface area contributed by atoms with Gasteiger partial charge in [-0.05, 0) is 89.2 Å². The summed E-state index contributed by atoms with van der Waals surface area (Å²) in [6.07, 6.45) is 7.96. The van der Waals surface area contributed by atoms with Gasteiger partial charge in [0.25, 0.3) is 5.56 Å². The second kappa shape index (κ2) is 11.2. The van der Waals surface area contributed by atoms with Gasteiger partial charge in [-0.2, -0.15) is 0 Å². The number of aromatic nitrogens is 2. The van der Waals surface area contributed by atoms with Gasteiger partial charge in [0, 0.05) is 39.7 Å². The van der Waals surface area contributed by atoms with Crippen molar-refractivity contribution in [2.24, 2.45) is 10.8 Å². The summed E-state index contributed by atoms with van der Waals surface area (Å²) in [7, 11) is 0. The number of rotatable bonds is 3. The molecule has 0 bridgehead atoms. The Morgan fingerprint density at radius 3 is 1.70 bits per heavy atom. The highest BCUT2D eigenvalue weighted by Crippen LogP contribution is 2.45. The van der Waals surface area contributed by atoms with E-state index in [0.717, 1.165) is 34.2 Å². The van der Waals surface area contributed by atoms with Crippen LogP contribution in [0.25, 0.3) is 11.6 Å². The van der Waals surface area contributed by atoms with Crippen LogP contribution < -0.4 is 5.56 Å². The van der Waals surface area contributed by atoms with Crippen LogP contribution in [0, 0.1) is 15.6 Å². The first kappa shape index (κ1) is 33.5. The van der Waals surface area contributed by atoms with Gasteiger partial charge in [-0.1, -0.05) is 53.8 Å². The van der Waals surface area contributed by atoms with Crippen molar-refractivity contribution in [2.45, 2.75) is 93.9 Å². The lowest BCUT2D eigenvalue weighted by Crippen LogP contribution is -2.25. The predicted octanol–water partition coefficient (Wildman–Crippen LogP) is 9.64. The topological polar surface area (TPSA) is 89.4 Å². The van der Waals surface area contributed by atoms with Gasteiger partial charge in [-0.15, -0.1) is 0 Å². The Bertz CT molecular complexity index is 1750. The van der Waals surface area contributed by atoms with E-state index in [9.17, 15) is 9.90 Å². The zero-order valence-corrected chi connectivity index (χ0v) is 29.6. The molecule has 0 radical (unpaired) electrons. The molecule has 0 saturated heterocycles. The lowest BCUT2D eigenvalue weighted by molar-refractivity contribution is 0.161. The van der Waals surface area contributed by atoms with Crippen LogP contribution in [0.4, 0.5) is 0 Å². The van der Waals surface area contributed by atoms with Crippen LogP contribution in [0.3, 0.4) is 0 Å². The number of thiocarbonyl (C=S) groups is 1. The molecule has 0 fully saturated rings. The maximum absolute atomic E-state index is 13.3. The van der Waals surface area contributed by atoms with Crippen LogP contribution in [0.5, 0.6) is 5.88 Å². The number of hydrogen-bond donors (Lipinski definition) is 3. The molecule has 2 aromatic rings. The average molecular weight is 634 g/mol. The molecule has 2 aliphatic rings. The Labute approximate surface area is 271 Å². The Morgan fingerprint density at radius 1 is 0.773 bits per heavy atom. The molecule has 8 heteroatoms. The Morgan fingerprint density at radius 2 is 1.27 bits per heavy atom. The molecule has 4 rings (SSSR count). The zero-order chi connectivity index (χ0) is 33.2. The molecule has 0 amide bonds. The Hall–Kier alpha value is -3.36. The van der Waals surface area contributed by atoms with E-state index in [1.165, 1.54) is 0 Å². The summed E-state index contributed by atoms with van der Waals surface area (Å²) in [6.45, 7) is 25.3. The number of hydrogen-bond acceptors (Lipinski definition) is 5. The predicted molar refractivity (Wildman–Crippen MR) is 186 cm³/mol. The van der Waals surface area contributed by atoms with Gasteiger partial charge in [-0.3, -0.25) is 9.78 Å². The van der Waals surface area contributed by atoms with E-state index >= 15 is 0 Å². The smallest absolute Gasteiger partial charge is 0.335 e. The quantitative estimate of drug-likeness (QED) is 0.177. The minimum Gasteiger partial charge on any atom is -0.494 e. The average Bonchev–Trinajstić information content (AvgIpc) is 2.86. The summed E-state index contributed by atoms with van der Waals surface area (Å²) < 4.78 is 12.7. The molecule has 0 spiro atoms. The SMILES string of the molecule is CC(C)(C)C1=CC(=CC2=C(c3c(O)[nH]c(=S)[nH]c3=O)/C(=C/c3cc(C(C)(C)C)[o+]c(C(C)(C)C)c3)C2=S)C=C(C(C)(C)C)O1. The van der Waals surface area contributed by atoms with E-state index in [1.807, 2.05) is 36.4 Å². The summed E-state index contributed by atoms with van der Waals surface area (Å²) in [5.41, 5.74) is 2.35. The molecule has 0 unspecified atom stereocenters. The van der Waals surface area contributed by atoms with E-state index < -0.39 is 5.56 Å². The van der Waals surface area contributed by atoms with E-state index in [0.29, 0.717) is 21.6 Å². The van der Waals surface area contributed by atoms with Gasteiger partial charge in [0.2, 0.25) is 5.88 Å². The van der Waals surface area contributed by atoms with Crippen molar-refractivity contribution in [3.05, 3.63) is 96.4 Å². The first-order valence-electron chi connectivity index (χ1n) is 14.9. The van der Waals surface area contributed by atoms with Crippen molar-refractivity contribution in [3.8, 4) is 5.88 Å². The summed E-state index contributed by atoms with van der Waals surface area (Å²) in [4.78, 5) is 19.2. The first-order chi connectivity index (χ1) is 20.0. The van der Waals surface area contributed by atoms with Gasteiger partial charge >= 0.3 is 11.5 Å². The minimum absolute atomic E-state index is 0.0402. The van der Waals surface area contributed by atoms with Crippen molar-refractivity contribution in [2.75, 3.05) is 0 Å². The molecule has 3 heterocycles. The molecule has 0 aromatic carbocycles. The molecule has 0 saturated carbocycles. The van der Waals surface area contributed by atoms with Crippen molar-refractivity contribution < 1.29 is 14.3 Å². The second-order valence-corrected chi connectivity index (χ2v) is 16.5. The Kier molecular flexibility index (Phi) is 8.55. The third kappa shape index (κ3) is 6.97. The van der Waals surface area contributed by atoms with E-state index in [2.05, 4.69) is 93.1 Å². The van der Waals surface area contributed by atoms with Gasteiger partial charge in [0.1, 0.15) is 17.1 Å². The lowest BCUT2D eigenvalue weighted by atomic mass is 9.76. The molecule has 1 aliphatic heterocycles. The molecular weight excluding hydrogens is 589 g/mol. The van der Waals surface area contributed by atoms with Crippen molar-refractivity contribution >= 4 is 40.9 Å². The first-order valence-corrected chi connectivity index (χ1v) is 15.7. The minimum atomic E-state index is -0.497. The largest absolute Gasteiger partial charge is 0.494 e. The summed E-state index contributed by atoms with van der Waals surface area (Å²) in [6, 6.07) is 4.02. The van der Waals surface area contributed by atoms with Crippen LogP contribution >= 0.6 is 24.4 Å². The maximum Gasteiger partial charge on any atom is 0.335 e. The van der Waals surface area contributed by atoms with E-state index in [4.69, 9.17) is 33.6 Å². The van der Waals surface area contributed by atoms with Crippen LogP contribution in [0.15, 0.2) is 67.8 Å². The molecule has 6 nitrogen and oxygen atoms in total. The number of allylic oxidation sites excluding steroid dienone is 9. The highest BCUT2D eigenvalue weighted by Gasteiger charge is 2.37. The lowest BCUT2D eigenvalue weighted by Gasteiger charge is -2.33. The van der Waals surface area contributed by atoms with Gasteiger partial charge < -0.3 is 14.8 Å². The maximum atomic E-state index is 13.3. The van der Waals surface area contributed by atoms with Gasteiger partial charge in [0.05, 0.1) is 15.7 Å². The summed E-state index contributed by atoms with van der Waals surface area (Å²) in [5, 5.41) is 11.0. The number of H-pyrrole nitrogens is 2. The number of aromatic amines is 2. The second-order valence-electron chi connectivity index (χ2n) is 15.7. The highest BCUT2D eigenvalue weighted by atomic mass is 32.1. The van der Waals surface area contributed by atoms with Crippen molar-refractivity contribution in [1.29, 1.82) is 0 Å². The normalized spacial score (nSPS) is 17.3. The van der Waals surface area contributed by atoms with E-state index in [1.54, 1.807) is 0 Å². The number of aromatic hydroxyl groups is 1. The van der Waals surface area contributed by atoms with Crippen LogP contribution in [-0.4, -0.2) is 19.9 Å². The van der Waals surface area contributed by atoms with E-state index in [-0.39, 0.29) is 37.9 Å². The fourth-order valence-electron chi connectivity index (χ4n) is 4.73. The van der Waals surface area contributed by atoms with Crippen LogP contribution in [-0.2, 0) is 15.6 Å². The highest BCUT2D eigenvalue weighted by molar-refractivity contribution is 7.81. The van der Waals surface area contributed by atoms with Crippen molar-refractivity contribution in [1.82, 2.24) is 9.97 Å². The molecule has 0 atom stereocenters. The van der Waals surface area contributed by atoms with Crippen molar-refractivity contribution in [3.63, 3.8) is 0 Å². The molecule has 2 aromatic heterocycles. The summed E-state index contributed by atoms with van der Waals surface area (Å²) >= 11 is 11.1. The molecule has 1 aliphatic carbocycles. The van der Waals surface area contributed by atoms with Crippen LogP contribution in [0.2, 0.25) is 0 Å². The summed E-state index contributed by atoms with van der Waals surface area (Å²) in [5.74, 6) is 3.03. The molecule has 3 N–H and O–H groups in total. The van der Waals surface area contributed by atoms with Crippen LogP contribution in [0.1, 0.15) is 106 Å². The third-order valence-corrected chi connectivity index (χ3v) is 8.05. The number of nitrogens with one attached hydrogen (secondary N) is 2. The zero-order valence-electron chi connectivity index (χ0n) is 28.0.